The molecule has 0 aromatic rings. The number of likely N-dealkylation sites (tertiary alicyclic amines) is 1. The molecule has 0 atom stereocenters. The van der Waals surface area contributed by atoms with Gasteiger partial charge in [0, 0.05) is 31.1 Å². The highest BCUT2D eigenvalue weighted by molar-refractivity contribution is 5.78. The Hall–Kier alpha value is -1.26. The SMILES string of the molecule is CCC(CC)C(=O)NCC1CCN(C(=O)NC(C)(C)C)CC1. The Kier molecular flexibility index (Phi) is 7.17. The van der Waals surface area contributed by atoms with Gasteiger partial charge in [0.2, 0.25) is 5.91 Å². The van der Waals surface area contributed by atoms with Crippen LogP contribution in [0, 0.1) is 11.8 Å². The van der Waals surface area contributed by atoms with Crippen molar-refractivity contribution in [1.82, 2.24) is 15.5 Å². The monoisotopic (exact) mass is 311 g/mol. The van der Waals surface area contributed by atoms with Gasteiger partial charge >= 0.3 is 6.03 Å². The lowest BCUT2D eigenvalue weighted by molar-refractivity contribution is -0.125. The molecule has 0 saturated carbocycles. The number of urea groups is 1. The Balaban J connectivity index is 2.31. The molecule has 1 heterocycles. The van der Waals surface area contributed by atoms with E-state index < -0.39 is 0 Å². The fourth-order valence-electron chi connectivity index (χ4n) is 2.79. The Labute approximate surface area is 135 Å². The number of piperidine rings is 1. The van der Waals surface area contributed by atoms with Crippen molar-refractivity contribution in [1.29, 1.82) is 0 Å². The summed E-state index contributed by atoms with van der Waals surface area (Å²) in [6.07, 6.45) is 3.71. The van der Waals surface area contributed by atoms with Crippen molar-refractivity contribution in [3.8, 4) is 0 Å². The van der Waals surface area contributed by atoms with Gasteiger partial charge in [-0.25, -0.2) is 4.79 Å². The van der Waals surface area contributed by atoms with Crippen LogP contribution >= 0.6 is 0 Å². The lowest BCUT2D eigenvalue weighted by Gasteiger charge is -2.34. The van der Waals surface area contributed by atoms with Crippen molar-refractivity contribution in [2.24, 2.45) is 11.8 Å². The summed E-state index contributed by atoms with van der Waals surface area (Å²) in [5, 5.41) is 6.08. The summed E-state index contributed by atoms with van der Waals surface area (Å²) < 4.78 is 0. The first-order valence-electron chi connectivity index (χ1n) is 8.61. The highest BCUT2D eigenvalue weighted by Crippen LogP contribution is 2.17. The fraction of sp³-hybridized carbons (Fsp3) is 0.882. The van der Waals surface area contributed by atoms with E-state index in [-0.39, 0.29) is 23.4 Å². The van der Waals surface area contributed by atoms with Crippen LogP contribution < -0.4 is 10.6 Å². The van der Waals surface area contributed by atoms with Crippen molar-refractivity contribution in [2.75, 3.05) is 19.6 Å². The zero-order valence-corrected chi connectivity index (χ0v) is 14.9. The van der Waals surface area contributed by atoms with Gasteiger partial charge in [0.15, 0.2) is 0 Å². The maximum absolute atomic E-state index is 12.1. The number of hydrogen-bond acceptors (Lipinski definition) is 2. The summed E-state index contributed by atoms with van der Waals surface area (Å²) in [5.41, 5.74) is -0.197. The zero-order valence-electron chi connectivity index (χ0n) is 14.9. The highest BCUT2D eigenvalue weighted by Gasteiger charge is 2.25. The minimum atomic E-state index is -0.197. The van der Waals surface area contributed by atoms with Crippen LogP contribution in [0.5, 0.6) is 0 Å². The van der Waals surface area contributed by atoms with Gasteiger partial charge in [0.1, 0.15) is 0 Å². The molecule has 128 valence electrons. The highest BCUT2D eigenvalue weighted by atomic mass is 16.2. The van der Waals surface area contributed by atoms with Gasteiger partial charge in [0.25, 0.3) is 0 Å². The van der Waals surface area contributed by atoms with Crippen molar-refractivity contribution in [3.63, 3.8) is 0 Å². The van der Waals surface area contributed by atoms with Crippen LogP contribution in [0.25, 0.3) is 0 Å². The van der Waals surface area contributed by atoms with Crippen molar-refractivity contribution >= 4 is 11.9 Å². The van der Waals surface area contributed by atoms with Crippen LogP contribution in [-0.2, 0) is 4.79 Å². The van der Waals surface area contributed by atoms with Gasteiger partial charge in [-0.1, -0.05) is 13.8 Å². The van der Waals surface area contributed by atoms with E-state index in [0.29, 0.717) is 5.92 Å². The molecular weight excluding hydrogens is 278 g/mol. The van der Waals surface area contributed by atoms with E-state index in [4.69, 9.17) is 0 Å². The van der Waals surface area contributed by atoms with Gasteiger partial charge < -0.3 is 15.5 Å². The van der Waals surface area contributed by atoms with Crippen LogP contribution in [-0.4, -0.2) is 42.0 Å². The van der Waals surface area contributed by atoms with Crippen molar-refractivity contribution in [2.45, 2.75) is 65.8 Å². The molecule has 2 N–H and O–H groups in total. The Bertz CT molecular complexity index is 365. The zero-order chi connectivity index (χ0) is 16.8. The molecule has 1 fully saturated rings. The molecule has 1 aliphatic rings. The number of nitrogens with one attached hydrogen (secondary N) is 2. The maximum atomic E-state index is 12.1. The molecule has 1 rings (SSSR count). The molecule has 0 aromatic carbocycles. The number of rotatable bonds is 5. The summed E-state index contributed by atoms with van der Waals surface area (Å²) in [7, 11) is 0. The molecule has 0 aliphatic carbocycles. The van der Waals surface area contributed by atoms with Gasteiger partial charge in [0.05, 0.1) is 0 Å². The predicted molar refractivity (Wildman–Crippen MR) is 89.7 cm³/mol. The molecular formula is C17H33N3O2. The molecule has 3 amide bonds. The number of nitrogens with zero attached hydrogens (tertiary/aromatic N) is 1. The summed E-state index contributed by atoms with van der Waals surface area (Å²) in [6, 6.07) is 0.0204. The lowest BCUT2D eigenvalue weighted by Crippen LogP contribution is -2.51. The maximum Gasteiger partial charge on any atom is 0.317 e. The van der Waals surface area contributed by atoms with E-state index in [2.05, 4.69) is 24.5 Å². The second-order valence-corrected chi connectivity index (χ2v) is 7.37. The smallest absolute Gasteiger partial charge is 0.317 e. The first-order chi connectivity index (χ1) is 10.3. The summed E-state index contributed by atoms with van der Waals surface area (Å²) >= 11 is 0. The largest absolute Gasteiger partial charge is 0.356 e. The first-order valence-corrected chi connectivity index (χ1v) is 8.61. The average molecular weight is 311 g/mol. The van der Waals surface area contributed by atoms with Crippen LogP contribution in [0.3, 0.4) is 0 Å². The van der Waals surface area contributed by atoms with Gasteiger partial charge in [-0.05, 0) is 52.4 Å². The lowest BCUT2D eigenvalue weighted by atomic mass is 9.96. The molecule has 0 spiro atoms. The second-order valence-electron chi connectivity index (χ2n) is 7.37. The molecule has 0 aromatic heterocycles. The number of carbonyl (C=O) groups excluding carboxylic acids is 2. The van der Waals surface area contributed by atoms with Gasteiger partial charge in [-0.2, -0.15) is 0 Å². The van der Waals surface area contributed by atoms with Crippen LogP contribution in [0.2, 0.25) is 0 Å². The second kappa shape index (κ2) is 8.39. The van der Waals surface area contributed by atoms with E-state index in [1.165, 1.54) is 0 Å². The Morgan fingerprint density at radius 1 is 1.14 bits per heavy atom. The predicted octanol–water partition coefficient (Wildman–Crippen LogP) is 2.76. The normalized spacial score (nSPS) is 16.7. The van der Waals surface area contributed by atoms with E-state index in [9.17, 15) is 9.59 Å². The minimum Gasteiger partial charge on any atom is -0.356 e. The third kappa shape index (κ3) is 6.24. The van der Waals surface area contributed by atoms with Crippen LogP contribution in [0.4, 0.5) is 4.79 Å². The topological polar surface area (TPSA) is 61.4 Å². The van der Waals surface area contributed by atoms with Gasteiger partial charge in [-0.3, -0.25) is 4.79 Å². The minimum absolute atomic E-state index is 0.0204. The van der Waals surface area contributed by atoms with E-state index >= 15 is 0 Å². The van der Waals surface area contributed by atoms with E-state index in [0.717, 1.165) is 45.3 Å². The Morgan fingerprint density at radius 2 is 1.68 bits per heavy atom. The number of amides is 3. The third-order valence-electron chi connectivity index (χ3n) is 4.31. The Morgan fingerprint density at radius 3 is 2.14 bits per heavy atom. The van der Waals surface area contributed by atoms with Crippen LogP contribution in [0.15, 0.2) is 0 Å². The quantitative estimate of drug-likeness (QED) is 0.820. The van der Waals surface area contributed by atoms with Crippen LogP contribution in [0.1, 0.15) is 60.3 Å². The standard InChI is InChI=1S/C17H33N3O2/c1-6-14(7-2)15(21)18-12-13-8-10-20(11-9-13)16(22)19-17(3,4)5/h13-14H,6-12H2,1-5H3,(H,18,21)(H,19,22). The molecule has 0 unspecified atom stereocenters. The average Bonchev–Trinajstić information content (AvgIpc) is 2.45. The number of carbonyl (C=O) groups is 2. The third-order valence-corrected chi connectivity index (χ3v) is 4.31. The first kappa shape index (κ1) is 18.8. The van der Waals surface area contributed by atoms with E-state index in [1.54, 1.807) is 0 Å². The molecule has 22 heavy (non-hydrogen) atoms. The molecule has 1 aliphatic heterocycles. The fourth-order valence-corrected chi connectivity index (χ4v) is 2.79. The van der Waals surface area contributed by atoms with Crippen molar-refractivity contribution in [3.05, 3.63) is 0 Å². The van der Waals surface area contributed by atoms with E-state index in [1.807, 2.05) is 25.7 Å². The molecule has 0 bridgehead atoms. The molecule has 5 nitrogen and oxygen atoms in total. The molecule has 1 saturated heterocycles. The summed E-state index contributed by atoms with van der Waals surface area (Å²) in [6.45, 7) is 12.4. The van der Waals surface area contributed by atoms with Crippen molar-refractivity contribution < 1.29 is 9.59 Å². The number of hydrogen-bond donors (Lipinski definition) is 2. The van der Waals surface area contributed by atoms with Gasteiger partial charge in [-0.15, -0.1) is 0 Å². The summed E-state index contributed by atoms with van der Waals surface area (Å²) in [4.78, 5) is 26.0. The molecule has 0 radical (unpaired) electrons. The summed E-state index contributed by atoms with van der Waals surface area (Å²) in [5.74, 6) is 0.799. The molecule has 5 heteroatoms.